The number of carbonyl (C=O) groups excluding carboxylic acids is 1. The van der Waals surface area contributed by atoms with Crippen molar-refractivity contribution in [2.45, 2.75) is 68.3 Å². The van der Waals surface area contributed by atoms with Gasteiger partial charge in [-0.15, -0.1) is 0 Å². The van der Waals surface area contributed by atoms with Crippen molar-refractivity contribution < 1.29 is 22.7 Å². The quantitative estimate of drug-likeness (QED) is 0.427. The Morgan fingerprint density at radius 3 is 2.80 bits per heavy atom. The Hall–Kier alpha value is -2.55. The number of carbonyl (C=O) groups is 1. The summed E-state index contributed by atoms with van der Waals surface area (Å²) in [5.41, 5.74) is 3.04. The molecule has 0 aromatic heterocycles. The van der Waals surface area contributed by atoms with Gasteiger partial charge >= 0.3 is 0 Å². The number of halogens is 1. The maximum absolute atomic E-state index is 13.4. The van der Waals surface area contributed by atoms with Crippen molar-refractivity contribution in [3.63, 3.8) is 0 Å². The summed E-state index contributed by atoms with van der Waals surface area (Å²) < 4.78 is 41.5. The molecular weight excluding hydrogens is 560 g/mol. The molecule has 2 bridgehead atoms. The summed E-state index contributed by atoms with van der Waals surface area (Å²) in [6, 6.07) is 11.2. The van der Waals surface area contributed by atoms with Gasteiger partial charge in [0.25, 0.3) is 10.0 Å². The fraction of sp³-hybridized carbons (Fsp3) is 0.531. The molecule has 1 fully saturated rings. The highest BCUT2D eigenvalue weighted by Crippen LogP contribution is 2.47. The molecule has 1 amide bonds. The molecule has 6 rings (SSSR count). The Labute approximate surface area is 248 Å². The third-order valence-corrected chi connectivity index (χ3v) is 11.2. The average molecular weight is 599 g/mol. The number of aryl methyl sites for hydroxylation is 1. The van der Waals surface area contributed by atoms with Crippen LogP contribution in [0.15, 0.2) is 53.4 Å². The van der Waals surface area contributed by atoms with Crippen LogP contribution in [0.4, 0.5) is 5.69 Å². The van der Waals surface area contributed by atoms with Crippen molar-refractivity contribution in [1.82, 2.24) is 4.72 Å². The van der Waals surface area contributed by atoms with Crippen LogP contribution in [-0.2, 0) is 31.4 Å². The first-order valence-electron chi connectivity index (χ1n) is 14.7. The fourth-order valence-corrected chi connectivity index (χ4v) is 8.50. The molecule has 0 radical (unpaired) electrons. The van der Waals surface area contributed by atoms with Crippen LogP contribution in [0.2, 0.25) is 5.02 Å². The van der Waals surface area contributed by atoms with Crippen LogP contribution in [0.1, 0.15) is 56.6 Å². The molecule has 0 saturated heterocycles. The minimum Gasteiger partial charge on any atom is -0.490 e. The van der Waals surface area contributed by atoms with Crippen molar-refractivity contribution in [3.05, 3.63) is 64.7 Å². The third kappa shape index (κ3) is 5.63. The molecule has 1 saturated carbocycles. The molecule has 9 heteroatoms. The maximum atomic E-state index is 13.4. The fourth-order valence-electron chi connectivity index (χ4n) is 7.29. The predicted octanol–water partition coefficient (Wildman–Crippen LogP) is 5.65. The molecule has 220 valence electrons. The molecule has 2 aromatic carbocycles. The van der Waals surface area contributed by atoms with Crippen LogP contribution in [-0.4, -0.2) is 47.2 Å². The molecule has 1 spiro atoms. The maximum Gasteiger partial charge on any atom is 0.264 e. The molecule has 2 aromatic rings. The van der Waals surface area contributed by atoms with Gasteiger partial charge in [0.05, 0.1) is 23.3 Å². The van der Waals surface area contributed by atoms with Crippen molar-refractivity contribution in [2.24, 2.45) is 17.8 Å². The zero-order chi connectivity index (χ0) is 28.8. The van der Waals surface area contributed by atoms with E-state index in [0.29, 0.717) is 37.2 Å². The largest absolute Gasteiger partial charge is 0.490 e. The van der Waals surface area contributed by atoms with Gasteiger partial charge in [-0.3, -0.25) is 4.79 Å². The molecule has 1 N–H and O–H groups in total. The minimum atomic E-state index is -4.04. The SMILES string of the molecule is CO[C@H]1C=CC[C@@H](C)CC(=O)NS(=O)(=O)c2ccc3c(c2)N(C[C@@H]2CC[C@H]21)C[C@@]1(CCCc2cc(Cl)ccc21)CO3. The van der Waals surface area contributed by atoms with Gasteiger partial charge in [-0.2, -0.15) is 0 Å². The normalized spacial score (nSPS) is 31.2. The number of rotatable bonds is 1. The molecule has 2 heterocycles. The Morgan fingerprint density at radius 1 is 1.17 bits per heavy atom. The lowest BCUT2D eigenvalue weighted by Crippen LogP contribution is -2.49. The number of hydrogen-bond acceptors (Lipinski definition) is 6. The van der Waals surface area contributed by atoms with Crippen LogP contribution < -0.4 is 14.4 Å². The Morgan fingerprint density at radius 2 is 2.02 bits per heavy atom. The van der Waals surface area contributed by atoms with Gasteiger partial charge in [0.2, 0.25) is 5.91 Å². The number of anilines is 1. The summed E-state index contributed by atoms with van der Waals surface area (Å²) in [7, 11) is -2.27. The third-order valence-electron chi connectivity index (χ3n) is 9.59. The number of amides is 1. The first kappa shape index (κ1) is 28.6. The highest BCUT2D eigenvalue weighted by atomic mass is 35.5. The zero-order valence-electron chi connectivity index (χ0n) is 23.8. The van der Waals surface area contributed by atoms with Crippen LogP contribution in [0, 0.1) is 17.8 Å². The molecule has 7 nitrogen and oxygen atoms in total. The van der Waals surface area contributed by atoms with E-state index in [1.807, 2.05) is 13.0 Å². The van der Waals surface area contributed by atoms with Gasteiger partial charge in [0, 0.05) is 37.1 Å². The van der Waals surface area contributed by atoms with E-state index in [9.17, 15) is 13.2 Å². The van der Waals surface area contributed by atoms with Crippen molar-refractivity contribution in [3.8, 4) is 5.75 Å². The molecule has 41 heavy (non-hydrogen) atoms. The summed E-state index contributed by atoms with van der Waals surface area (Å²) in [6.45, 7) is 3.94. The first-order chi connectivity index (χ1) is 19.7. The van der Waals surface area contributed by atoms with Crippen LogP contribution in [0.5, 0.6) is 5.75 Å². The molecule has 2 aliphatic heterocycles. The second kappa shape index (κ2) is 11.3. The lowest BCUT2D eigenvalue weighted by Gasteiger charge is -2.46. The van der Waals surface area contributed by atoms with Gasteiger partial charge in [-0.05, 0) is 97.7 Å². The summed E-state index contributed by atoms with van der Waals surface area (Å²) >= 11 is 6.39. The summed E-state index contributed by atoms with van der Waals surface area (Å²) in [5, 5.41) is 0.742. The van der Waals surface area contributed by atoms with E-state index in [1.165, 1.54) is 11.1 Å². The Kier molecular flexibility index (Phi) is 7.85. The Bertz CT molecular complexity index is 1460. The standard InChI is InChI=1S/C32H39ClN2O5S/c1-21-5-3-7-29(39-2)26-11-8-23(26)18-35-19-32(14-4-6-22-16-24(33)9-12-27(22)32)20-40-30-13-10-25(17-28(30)35)41(37,38)34-31(36)15-21/h3,7,9-10,12-13,16-17,21,23,26,29H,4-6,8,11,14-15,18-20H2,1-2H3,(H,34,36)/t21-,23+,26-,29+,32+/m1/s1. The second-order valence-electron chi connectivity index (χ2n) is 12.4. The van der Waals surface area contributed by atoms with Crippen LogP contribution in [0.3, 0.4) is 0 Å². The topological polar surface area (TPSA) is 84.9 Å². The molecule has 2 aliphatic carbocycles. The lowest BCUT2D eigenvalue weighted by molar-refractivity contribution is -0.120. The van der Waals surface area contributed by atoms with E-state index in [4.69, 9.17) is 21.1 Å². The number of benzene rings is 2. The van der Waals surface area contributed by atoms with E-state index >= 15 is 0 Å². The number of nitrogens with one attached hydrogen (secondary N) is 1. The van der Waals surface area contributed by atoms with Gasteiger partial charge in [0.1, 0.15) is 5.75 Å². The lowest BCUT2D eigenvalue weighted by atomic mass is 9.68. The van der Waals surface area contributed by atoms with Gasteiger partial charge in [-0.1, -0.05) is 36.7 Å². The van der Waals surface area contributed by atoms with Gasteiger partial charge in [0.15, 0.2) is 0 Å². The zero-order valence-corrected chi connectivity index (χ0v) is 25.3. The van der Waals surface area contributed by atoms with E-state index in [0.717, 1.165) is 49.4 Å². The van der Waals surface area contributed by atoms with Gasteiger partial charge < -0.3 is 14.4 Å². The highest BCUT2D eigenvalue weighted by Gasteiger charge is 2.44. The highest BCUT2D eigenvalue weighted by molar-refractivity contribution is 7.90. The minimum absolute atomic E-state index is 0.00333. The molecule has 5 atom stereocenters. The van der Waals surface area contributed by atoms with E-state index < -0.39 is 15.9 Å². The van der Waals surface area contributed by atoms with E-state index in [1.54, 1.807) is 25.3 Å². The Balaban J connectivity index is 1.43. The van der Waals surface area contributed by atoms with E-state index in [2.05, 4.69) is 33.9 Å². The van der Waals surface area contributed by atoms with E-state index in [-0.39, 0.29) is 28.8 Å². The van der Waals surface area contributed by atoms with Crippen LogP contribution in [0.25, 0.3) is 0 Å². The summed E-state index contributed by atoms with van der Waals surface area (Å²) in [5.74, 6) is 0.938. The number of methoxy groups -OCH3 is 1. The molecule has 4 aliphatic rings. The smallest absolute Gasteiger partial charge is 0.264 e. The number of nitrogens with zero attached hydrogens (tertiary/aromatic N) is 1. The average Bonchev–Trinajstić information content (AvgIpc) is 3.06. The number of hydrogen-bond donors (Lipinski definition) is 1. The number of allylic oxidation sites excluding steroid dienone is 1. The molecule has 0 unspecified atom stereocenters. The second-order valence-corrected chi connectivity index (χ2v) is 14.6. The monoisotopic (exact) mass is 598 g/mol. The number of sulfonamides is 1. The van der Waals surface area contributed by atoms with Crippen molar-refractivity contribution in [1.29, 1.82) is 0 Å². The van der Waals surface area contributed by atoms with Crippen LogP contribution >= 0.6 is 11.6 Å². The number of ether oxygens (including phenoxy) is 2. The number of fused-ring (bicyclic) bond motifs is 4. The van der Waals surface area contributed by atoms with Crippen molar-refractivity contribution in [2.75, 3.05) is 31.7 Å². The predicted molar refractivity (Wildman–Crippen MR) is 160 cm³/mol. The molecular formula is C32H39ClN2O5S. The summed E-state index contributed by atoms with van der Waals surface area (Å²) in [4.78, 5) is 15.1. The van der Waals surface area contributed by atoms with Crippen molar-refractivity contribution >= 4 is 33.2 Å². The summed E-state index contributed by atoms with van der Waals surface area (Å²) in [6.07, 6.45) is 10.2. The first-order valence-corrected chi connectivity index (χ1v) is 16.6. The van der Waals surface area contributed by atoms with Gasteiger partial charge in [-0.25, -0.2) is 13.1 Å².